The molecular formula is C15H23ClN2O. The summed E-state index contributed by atoms with van der Waals surface area (Å²) >= 11 is 5.38. The van der Waals surface area contributed by atoms with Gasteiger partial charge in [0.05, 0.1) is 0 Å². The van der Waals surface area contributed by atoms with Crippen LogP contribution in [0.15, 0.2) is 30.3 Å². The van der Waals surface area contributed by atoms with Gasteiger partial charge in [-0.05, 0) is 12.0 Å². The van der Waals surface area contributed by atoms with Gasteiger partial charge in [0.2, 0.25) is 5.91 Å². The molecule has 0 saturated carbocycles. The van der Waals surface area contributed by atoms with Gasteiger partial charge in [0.25, 0.3) is 0 Å². The number of halogens is 1. The average Bonchev–Trinajstić information content (AvgIpc) is 2.47. The lowest BCUT2D eigenvalue weighted by molar-refractivity contribution is -0.124. The molecule has 3 nitrogen and oxygen atoms in total. The maximum atomic E-state index is 11.4. The number of alkyl halides is 1. The first kappa shape index (κ1) is 16.0. The zero-order valence-corrected chi connectivity index (χ0v) is 12.2. The highest BCUT2D eigenvalue weighted by Gasteiger charge is 2.22. The Morgan fingerprint density at radius 1 is 1.21 bits per heavy atom. The van der Waals surface area contributed by atoms with E-state index in [0.717, 1.165) is 24.5 Å². The fourth-order valence-corrected chi connectivity index (χ4v) is 2.05. The molecule has 2 N–H and O–H groups in total. The van der Waals surface area contributed by atoms with E-state index in [0.29, 0.717) is 0 Å². The van der Waals surface area contributed by atoms with E-state index in [1.165, 1.54) is 19.3 Å². The Kier molecular flexibility index (Phi) is 8.26. The summed E-state index contributed by atoms with van der Waals surface area (Å²) in [5.74, 6) is 0.894. The van der Waals surface area contributed by atoms with Crippen molar-refractivity contribution in [3.63, 3.8) is 0 Å². The number of benzene rings is 1. The Balaban J connectivity index is 0.000000258. The molecule has 2 rings (SSSR count). The summed E-state index contributed by atoms with van der Waals surface area (Å²) in [6.45, 7) is 3.74. The third kappa shape index (κ3) is 6.08. The molecule has 1 aromatic carbocycles. The minimum absolute atomic E-state index is 0.0671. The normalized spacial score (nSPS) is 18.2. The molecule has 1 aromatic rings. The van der Waals surface area contributed by atoms with Gasteiger partial charge in [-0.15, -0.1) is 11.6 Å². The second-order valence-electron chi connectivity index (χ2n) is 4.48. The average molecular weight is 283 g/mol. The predicted molar refractivity (Wildman–Crippen MR) is 80.4 cm³/mol. The predicted octanol–water partition coefficient (Wildman–Crippen LogP) is 2.86. The van der Waals surface area contributed by atoms with Crippen molar-refractivity contribution in [3.8, 4) is 0 Å². The van der Waals surface area contributed by atoms with Crippen LogP contribution in [0.25, 0.3) is 0 Å². The van der Waals surface area contributed by atoms with E-state index in [1.54, 1.807) is 0 Å². The van der Waals surface area contributed by atoms with E-state index >= 15 is 0 Å². The van der Waals surface area contributed by atoms with Crippen LogP contribution in [0.4, 0.5) is 0 Å². The Hall–Kier alpha value is -1.06. The van der Waals surface area contributed by atoms with Gasteiger partial charge in [-0.1, -0.05) is 50.1 Å². The minimum Gasteiger partial charge on any atom is -0.353 e. The lowest BCUT2D eigenvalue weighted by atomic mass is 10.1. The molecule has 0 aliphatic carbocycles. The molecule has 0 spiro atoms. The van der Waals surface area contributed by atoms with Gasteiger partial charge < -0.3 is 10.6 Å². The quantitative estimate of drug-likeness (QED) is 0.659. The molecule has 4 heteroatoms. The van der Waals surface area contributed by atoms with Crippen molar-refractivity contribution >= 4 is 17.5 Å². The molecular weight excluding hydrogens is 260 g/mol. The first-order valence-corrected chi connectivity index (χ1v) is 7.45. The molecule has 1 atom stereocenters. The third-order valence-corrected chi connectivity index (χ3v) is 3.17. The van der Waals surface area contributed by atoms with Crippen molar-refractivity contribution in [2.45, 2.75) is 32.2 Å². The molecule has 1 unspecified atom stereocenters. The number of carbonyl (C=O) groups excluding carboxylic acids is 1. The Bertz CT molecular complexity index is 352. The zero-order chi connectivity index (χ0) is 13.9. The zero-order valence-electron chi connectivity index (χ0n) is 11.5. The molecule has 1 aliphatic rings. The number of piperazine rings is 1. The summed E-state index contributed by atoms with van der Waals surface area (Å²) in [6, 6.07) is 9.59. The molecule has 106 valence electrons. The molecule has 0 radical (unpaired) electrons. The Labute approximate surface area is 120 Å². The Morgan fingerprint density at radius 2 is 1.95 bits per heavy atom. The summed E-state index contributed by atoms with van der Waals surface area (Å²) in [5, 5.41) is 6.00. The number of nitrogens with one attached hydrogen (secondary N) is 2. The maximum Gasteiger partial charge on any atom is 0.241 e. The van der Waals surface area contributed by atoms with Crippen molar-refractivity contribution in [1.82, 2.24) is 10.6 Å². The number of carbonyl (C=O) groups is 1. The van der Waals surface area contributed by atoms with Gasteiger partial charge in [-0.3, -0.25) is 4.79 Å². The summed E-state index contributed by atoms with van der Waals surface area (Å²) in [6.07, 6.45) is 3.73. The van der Waals surface area contributed by atoms with Gasteiger partial charge >= 0.3 is 0 Å². The minimum atomic E-state index is -0.171. The van der Waals surface area contributed by atoms with Crippen molar-refractivity contribution in [2.75, 3.05) is 19.0 Å². The van der Waals surface area contributed by atoms with E-state index in [2.05, 4.69) is 17.6 Å². The summed E-state index contributed by atoms with van der Waals surface area (Å²) in [4.78, 5) is 11.4. The van der Waals surface area contributed by atoms with Crippen LogP contribution in [0.3, 0.4) is 0 Å². The summed E-state index contributed by atoms with van der Waals surface area (Å²) < 4.78 is 0. The highest BCUT2D eigenvalue weighted by molar-refractivity contribution is 6.17. The number of hydrogen-bond donors (Lipinski definition) is 2. The van der Waals surface area contributed by atoms with Crippen molar-refractivity contribution in [2.24, 2.45) is 0 Å². The van der Waals surface area contributed by atoms with E-state index in [1.807, 2.05) is 30.3 Å². The second-order valence-corrected chi connectivity index (χ2v) is 4.86. The number of hydrogen-bond acceptors (Lipinski definition) is 2. The fraction of sp³-hybridized carbons (Fsp3) is 0.533. The first-order chi connectivity index (χ1) is 9.29. The Morgan fingerprint density at radius 3 is 2.47 bits per heavy atom. The standard InChI is InChI=1S/C10H12N2O.C5H11Cl/c13-10-9(11-6-7-12-10)8-4-2-1-3-5-8;1-2-3-4-5-6/h1-5,9,11H,6-7H2,(H,12,13);2-5H2,1H3. The van der Waals surface area contributed by atoms with Crippen molar-refractivity contribution in [1.29, 1.82) is 0 Å². The summed E-state index contributed by atoms with van der Waals surface area (Å²) in [7, 11) is 0. The molecule has 1 heterocycles. The number of rotatable bonds is 4. The van der Waals surface area contributed by atoms with Gasteiger partial charge in [0, 0.05) is 19.0 Å². The first-order valence-electron chi connectivity index (χ1n) is 6.91. The van der Waals surface area contributed by atoms with Crippen LogP contribution in [0.1, 0.15) is 37.8 Å². The number of amides is 1. The SMILES string of the molecule is CCCCCCl.O=C1NCCNC1c1ccccc1. The fourth-order valence-electron chi connectivity index (χ4n) is 1.86. The lowest BCUT2D eigenvalue weighted by Crippen LogP contribution is -2.47. The van der Waals surface area contributed by atoms with Gasteiger partial charge in [-0.25, -0.2) is 0 Å². The van der Waals surface area contributed by atoms with Crippen molar-refractivity contribution in [3.05, 3.63) is 35.9 Å². The van der Waals surface area contributed by atoms with Crippen LogP contribution in [0, 0.1) is 0 Å². The molecule has 0 bridgehead atoms. The van der Waals surface area contributed by atoms with Gasteiger partial charge in [-0.2, -0.15) is 0 Å². The second kappa shape index (κ2) is 9.82. The van der Waals surface area contributed by atoms with Crippen LogP contribution in [-0.4, -0.2) is 24.9 Å². The van der Waals surface area contributed by atoms with Crippen LogP contribution in [-0.2, 0) is 4.79 Å². The van der Waals surface area contributed by atoms with Crippen LogP contribution < -0.4 is 10.6 Å². The monoisotopic (exact) mass is 282 g/mol. The number of unbranched alkanes of at least 4 members (excludes halogenated alkanes) is 2. The van der Waals surface area contributed by atoms with E-state index in [4.69, 9.17) is 11.6 Å². The molecule has 1 fully saturated rings. The van der Waals surface area contributed by atoms with E-state index in [9.17, 15) is 4.79 Å². The van der Waals surface area contributed by atoms with Gasteiger partial charge in [0.1, 0.15) is 6.04 Å². The van der Waals surface area contributed by atoms with Crippen molar-refractivity contribution < 1.29 is 4.79 Å². The topological polar surface area (TPSA) is 41.1 Å². The van der Waals surface area contributed by atoms with Gasteiger partial charge in [0.15, 0.2) is 0 Å². The largest absolute Gasteiger partial charge is 0.353 e. The van der Waals surface area contributed by atoms with E-state index < -0.39 is 0 Å². The molecule has 19 heavy (non-hydrogen) atoms. The highest BCUT2D eigenvalue weighted by atomic mass is 35.5. The third-order valence-electron chi connectivity index (χ3n) is 2.90. The lowest BCUT2D eigenvalue weighted by Gasteiger charge is -2.23. The molecule has 1 saturated heterocycles. The molecule has 0 aromatic heterocycles. The highest BCUT2D eigenvalue weighted by Crippen LogP contribution is 2.13. The smallest absolute Gasteiger partial charge is 0.241 e. The maximum absolute atomic E-state index is 11.4. The molecule has 1 aliphatic heterocycles. The van der Waals surface area contributed by atoms with E-state index in [-0.39, 0.29) is 11.9 Å². The van der Waals surface area contributed by atoms with Crippen LogP contribution in [0.2, 0.25) is 0 Å². The molecule has 1 amide bonds. The van der Waals surface area contributed by atoms with Crippen LogP contribution >= 0.6 is 11.6 Å². The summed E-state index contributed by atoms with van der Waals surface area (Å²) in [5.41, 5.74) is 1.03. The van der Waals surface area contributed by atoms with Crippen LogP contribution in [0.5, 0.6) is 0 Å².